The normalized spacial score (nSPS) is 11.8. The second-order valence-corrected chi connectivity index (χ2v) is 5.17. The topological polar surface area (TPSA) is 30.7 Å². The molecule has 2 rings (SSSR count). The number of fused-ring (bicyclic) bond motifs is 1. The summed E-state index contributed by atoms with van der Waals surface area (Å²) in [4.78, 5) is 0. The summed E-state index contributed by atoms with van der Waals surface area (Å²) in [6.07, 6.45) is 0.603. The largest absolute Gasteiger partial charge is 0.217 e. The molecule has 0 saturated heterocycles. The third-order valence-corrected chi connectivity index (χ3v) is 3.84. The molecule has 1 aromatic heterocycles. The Morgan fingerprint density at radius 3 is 3.08 bits per heavy atom. The number of rotatable bonds is 1. The minimum Gasteiger partial charge on any atom is -0.217 e. The van der Waals surface area contributed by atoms with Gasteiger partial charge in [0, 0.05) is 4.47 Å². The van der Waals surface area contributed by atoms with Gasteiger partial charge in [0.05, 0.1) is 11.9 Å². The summed E-state index contributed by atoms with van der Waals surface area (Å²) in [5.41, 5.74) is 2.03. The van der Waals surface area contributed by atoms with Crippen LogP contribution in [-0.2, 0) is 0 Å². The van der Waals surface area contributed by atoms with E-state index in [-0.39, 0.29) is 0 Å². The maximum absolute atomic E-state index is 4.04. The lowest BCUT2D eigenvalue weighted by molar-refractivity contribution is 0.910. The van der Waals surface area contributed by atoms with Gasteiger partial charge < -0.3 is 0 Å². The van der Waals surface area contributed by atoms with Crippen molar-refractivity contribution in [1.29, 1.82) is 0 Å². The van der Waals surface area contributed by atoms with E-state index >= 15 is 0 Å². The zero-order chi connectivity index (χ0) is 8.55. The molecule has 0 fully saturated rings. The van der Waals surface area contributed by atoms with Crippen LogP contribution in [0.2, 0.25) is 0 Å². The molecule has 1 aromatic carbocycles. The molecular weight excluding hydrogens is 352 g/mol. The summed E-state index contributed by atoms with van der Waals surface area (Å²) < 4.78 is 2.93. The highest BCUT2D eigenvalue weighted by atomic mass is 127. The van der Waals surface area contributed by atoms with E-state index in [9.17, 15) is 0 Å². The predicted octanol–water partition coefficient (Wildman–Crippen LogP) is 2.99. The Morgan fingerprint density at radius 1 is 1.50 bits per heavy atom. The molecule has 0 amide bonds. The summed E-state index contributed by atoms with van der Waals surface area (Å²) in [5.74, 6) is 0. The van der Waals surface area contributed by atoms with Gasteiger partial charge in [-0.05, 0) is 40.2 Å². The summed E-state index contributed by atoms with van der Waals surface area (Å²) in [6, 6.07) is 5.99. The third-order valence-electron chi connectivity index (χ3n) is 1.49. The molecular formula is C6H4BrIN3P. The fourth-order valence-electron chi connectivity index (χ4n) is 0.959. The lowest BCUT2D eigenvalue weighted by Gasteiger charge is -1.93. The molecule has 0 aliphatic rings. The molecule has 0 aliphatic heterocycles. The van der Waals surface area contributed by atoms with Crippen molar-refractivity contribution in [3.63, 3.8) is 0 Å². The minimum atomic E-state index is 0.603. The highest BCUT2D eigenvalue weighted by molar-refractivity contribution is 14.2. The van der Waals surface area contributed by atoms with Gasteiger partial charge in [0.25, 0.3) is 0 Å². The zero-order valence-electron chi connectivity index (χ0n) is 5.83. The first kappa shape index (κ1) is 8.84. The van der Waals surface area contributed by atoms with E-state index in [2.05, 4.69) is 48.3 Å². The number of benzene rings is 1. The van der Waals surface area contributed by atoms with Gasteiger partial charge in [0.2, 0.25) is 0 Å². The van der Waals surface area contributed by atoms with Crippen LogP contribution < -0.4 is 0 Å². The molecule has 0 spiro atoms. The Hall–Kier alpha value is 0.260. The van der Waals surface area contributed by atoms with E-state index in [1.165, 1.54) is 0 Å². The Labute approximate surface area is 92.4 Å². The SMILES string of the molecule is Brc1ccc2c(c1)nnn2PI. The zero-order valence-corrected chi connectivity index (χ0v) is 10.6. The Bertz CT molecular complexity index is 416. The summed E-state index contributed by atoms with van der Waals surface area (Å²) in [7, 11) is 0. The van der Waals surface area contributed by atoms with Gasteiger partial charge in [-0.3, -0.25) is 0 Å². The number of hydrogen-bond acceptors (Lipinski definition) is 2. The number of hydrogen-bond donors (Lipinski definition) is 0. The second-order valence-electron chi connectivity index (χ2n) is 2.22. The number of nitrogens with zero attached hydrogens (tertiary/aromatic N) is 3. The minimum absolute atomic E-state index is 0.603. The van der Waals surface area contributed by atoms with Crippen molar-refractivity contribution in [2.75, 3.05) is 0 Å². The second kappa shape index (κ2) is 3.55. The molecule has 6 heteroatoms. The molecule has 0 aliphatic carbocycles. The van der Waals surface area contributed by atoms with Gasteiger partial charge in [-0.15, -0.1) is 5.10 Å². The van der Waals surface area contributed by atoms with Crippen molar-refractivity contribution in [3.05, 3.63) is 22.7 Å². The van der Waals surface area contributed by atoms with Crippen LogP contribution in [0, 0.1) is 0 Å². The van der Waals surface area contributed by atoms with Gasteiger partial charge in [0.1, 0.15) is 5.52 Å². The Balaban J connectivity index is 2.73. The average molecular weight is 356 g/mol. The maximum atomic E-state index is 4.04. The van der Waals surface area contributed by atoms with Crippen LogP contribution in [0.1, 0.15) is 0 Å². The summed E-state index contributed by atoms with van der Waals surface area (Å²) >= 11 is 5.67. The first-order valence-corrected chi connectivity index (χ1v) is 8.04. The summed E-state index contributed by atoms with van der Waals surface area (Å²) in [5, 5.41) is 8.04. The molecule has 3 nitrogen and oxygen atoms in total. The van der Waals surface area contributed by atoms with E-state index in [4.69, 9.17) is 0 Å². The fourth-order valence-corrected chi connectivity index (χ4v) is 2.74. The molecule has 1 unspecified atom stereocenters. The quantitative estimate of drug-likeness (QED) is 0.581. The Kier molecular flexibility index (Phi) is 2.62. The van der Waals surface area contributed by atoms with Crippen LogP contribution in [-0.4, -0.2) is 14.8 Å². The third kappa shape index (κ3) is 1.49. The molecule has 0 N–H and O–H groups in total. The van der Waals surface area contributed by atoms with Crippen molar-refractivity contribution < 1.29 is 0 Å². The van der Waals surface area contributed by atoms with E-state index < -0.39 is 0 Å². The van der Waals surface area contributed by atoms with Crippen LogP contribution in [0.4, 0.5) is 0 Å². The fraction of sp³-hybridized carbons (Fsp3) is 0. The lowest BCUT2D eigenvalue weighted by atomic mass is 10.3. The van der Waals surface area contributed by atoms with E-state index in [1.807, 2.05) is 22.7 Å². The highest BCUT2D eigenvalue weighted by Crippen LogP contribution is 2.27. The number of aromatic nitrogens is 3. The molecule has 0 saturated carbocycles. The molecule has 0 bridgehead atoms. The van der Waals surface area contributed by atoms with Crippen molar-refractivity contribution in [1.82, 2.24) is 14.8 Å². The van der Waals surface area contributed by atoms with Crippen LogP contribution in [0.3, 0.4) is 0 Å². The summed E-state index contributed by atoms with van der Waals surface area (Å²) in [6.45, 7) is 0. The van der Waals surface area contributed by atoms with Gasteiger partial charge in [-0.1, -0.05) is 21.1 Å². The first-order chi connectivity index (χ1) is 5.81. The van der Waals surface area contributed by atoms with Crippen LogP contribution in [0.5, 0.6) is 0 Å². The van der Waals surface area contributed by atoms with Gasteiger partial charge in [-0.25, -0.2) is 4.45 Å². The van der Waals surface area contributed by atoms with Crippen molar-refractivity contribution in [2.24, 2.45) is 0 Å². The van der Waals surface area contributed by atoms with Gasteiger partial charge in [0.15, 0.2) is 0 Å². The predicted molar refractivity (Wildman–Crippen MR) is 63.0 cm³/mol. The van der Waals surface area contributed by atoms with Gasteiger partial charge in [-0.2, -0.15) is 0 Å². The van der Waals surface area contributed by atoms with Crippen molar-refractivity contribution >= 4 is 55.4 Å². The van der Waals surface area contributed by atoms with Crippen LogP contribution in [0.25, 0.3) is 11.0 Å². The van der Waals surface area contributed by atoms with Crippen LogP contribution in [0.15, 0.2) is 22.7 Å². The van der Waals surface area contributed by atoms with E-state index in [1.54, 1.807) is 0 Å². The monoisotopic (exact) mass is 355 g/mol. The van der Waals surface area contributed by atoms with Gasteiger partial charge >= 0.3 is 0 Å². The maximum Gasteiger partial charge on any atom is 0.114 e. The molecule has 2 aromatic rings. The smallest absolute Gasteiger partial charge is 0.114 e. The van der Waals surface area contributed by atoms with Crippen LogP contribution >= 0.6 is 44.3 Å². The van der Waals surface area contributed by atoms with E-state index in [0.717, 1.165) is 15.5 Å². The number of halogens is 2. The van der Waals surface area contributed by atoms with E-state index in [0.29, 0.717) is 6.37 Å². The first-order valence-electron chi connectivity index (χ1n) is 3.19. The molecule has 1 heterocycles. The average Bonchev–Trinajstić information content (AvgIpc) is 2.46. The molecule has 12 heavy (non-hydrogen) atoms. The van der Waals surface area contributed by atoms with Crippen molar-refractivity contribution in [2.45, 2.75) is 0 Å². The highest BCUT2D eigenvalue weighted by Gasteiger charge is 2.02. The molecule has 0 radical (unpaired) electrons. The van der Waals surface area contributed by atoms with Crippen molar-refractivity contribution in [3.8, 4) is 0 Å². The molecule has 62 valence electrons. The molecule has 1 atom stereocenters. The Morgan fingerprint density at radius 2 is 2.33 bits per heavy atom. The standard InChI is InChI=1S/C6H4BrIN3P/c7-4-1-2-6-5(3-4)9-10-11(6)12-8/h1-3,12H. The lowest BCUT2D eigenvalue weighted by Crippen LogP contribution is -1.81.